The topological polar surface area (TPSA) is 97.2 Å². The second-order valence-corrected chi connectivity index (χ2v) is 4.85. The minimum atomic E-state index is -0.542. The van der Waals surface area contributed by atoms with Gasteiger partial charge in [0.1, 0.15) is 11.5 Å². The zero-order valence-corrected chi connectivity index (χ0v) is 13.6. The number of amides is 1. The molecule has 2 N–H and O–H groups in total. The van der Waals surface area contributed by atoms with Crippen molar-refractivity contribution in [1.29, 1.82) is 0 Å². The molecule has 0 aliphatic heterocycles. The van der Waals surface area contributed by atoms with Crippen molar-refractivity contribution in [2.45, 2.75) is 6.92 Å². The van der Waals surface area contributed by atoms with Crippen molar-refractivity contribution in [3.8, 4) is 11.5 Å². The molecule has 2 aromatic rings. The second-order valence-electron chi connectivity index (χ2n) is 4.85. The SMILES string of the molecule is CCOC(=O)COc1ccccc1C=NNC(=O)c1ccccc1O. The molecule has 0 bridgehead atoms. The highest BCUT2D eigenvalue weighted by molar-refractivity contribution is 5.97. The summed E-state index contributed by atoms with van der Waals surface area (Å²) in [4.78, 5) is 23.3. The van der Waals surface area contributed by atoms with Crippen LogP contribution in [0.5, 0.6) is 11.5 Å². The molecule has 7 nitrogen and oxygen atoms in total. The maximum atomic E-state index is 12.0. The van der Waals surface area contributed by atoms with E-state index in [1.54, 1.807) is 43.3 Å². The van der Waals surface area contributed by atoms with E-state index >= 15 is 0 Å². The fraction of sp³-hybridized carbons (Fsp3) is 0.167. The molecule has 2 aromatic carbocycles. The zero-order valence-electron chi connectivity index (χ0n) is 13.6. The van der Waals surface area contributed by atoms with Gasteiger partial charge in [0.2, 0.25) is 0 Å². The van der Waals surface area contributed by atoms with Crippen LogP contribution in [0.2, 0.25) is 0 Å². The quantitative estimate of drug-likeness (QED) is 0.456. The number of hydrogen-bond acceptors (Lipinski definition) is 6. The Morgan fingerprint density at radius 3 is 2.64 bits per heavy atom. The molecule has 7 heteroatoms. The van der Waals surface area contributed by atoms with E-state index in [2.05, 4.69) is 10.5 Å². The molecule has 0 atom stereocenters. The van der Waals surface area contributed by atoms with Crippen LogP contribution < -0.4 is 10.2 Å². The molecule has 0 spiro atoms. The molecule has 0 aromatic heterocycles. The normalized spacial score (nSPS) is 10.4. The maximum Gasteiger partial charge on any atom is 0.344 e. The number of carbonyl (C=O) groups excluding carboxylic acids is 2. The summed E-state index contributed by atoms with van der Waals surface area (Å²) in [5.41, 5.74) is 3.01. The Balaban J connectivity index is 2.00. The van der Waals surface area contributed by atoms with Crippen molar-refractivity contribution in [2.24, 2.45) is 5.10 Å². The van der Waals surface area contributed by atoms with Gasteiger partial charge in [0.25, 0.3) is 5.91 Å². The van der Waals surface area contributed by atoms with E-state index in [-0.39, 0.29) is 24.5 Å². The van der Waals surface area contributed by atoms with E-state index in [0.717, 1.165) is 0 Å². The van der Waals surface area contributed by atoms with Crippen molar-refractivity contribution in [3.63, 3.8) is 0 Å². The van der Waals surface area contributed by atoms with Gasteiger partial charge >= 0.3 is 5.97 Å². The summed E-state index contributed by atoms with van der Waals surface area (Å²) in [6.45, 7) is 1.78. The first-order chi connectivity index (χ1) is 12.1. The smallest absolute Gasteiger partial charge is 0.344 e. The molecule has 0 saturated carbocycles. The molecular formula is C18H18N2O5. The minimum absolute atomic E-state index is 0.117. The highest BCUT2D eigenvalue weighted by Gasteiger charge is 2.09. The number of carbonyl (C=O) groups is 2. The van der Waals surface area contributed by atoms with Crippen LogP contribution in [-0.2, 0) is 9.53 Å². The third kappa shape index (κ3) is 5.35. The average molecular weight is 342 g/mol. The first kappa shape index (κ1) is 18.0. The Bertz CT molecular complexity index is 774. The summed E-state index contributed by atoms with van der Waals surface area (Å²) in [5.74, 6) is -0.717. The lowest BCUT2D eigenvalue weighted by atomic mass is 10.2. The minimum Gasteiger partial charge on any atom is -0.507 e. The monoisotopic (exact) mass is 342 g/mol. The number of nitrogens with one attached hydrogen (secondary N) is 1. The van der Waals surface area contributed by atoms with Gasteiger partial charge in [-0.2, -0.15) is 5.10 Å². The van der Waals surface area contributed by atoms with Crippen LogP contribution in [0.4, 0.5) is 0 Å². The number of hydrazone groups is 1. The van der Waals surface area contributed by atoms with Crippen LogP contribution in [0, 0.1) is 0 Å². The average Bonchev–Trinajstić information content (AvgIpc) is 2.61. The van der Waals surface area contributed by atoms with Crippen LogP contribution in [0.15, 0.2) is 53.6 Å². The van der Waals surface area contributed by atoms with Crippen molar-refractivity contribution >= 4 is 18.1 Å². The van der Waals surface area contributed by atoms with Gasteiger partial charge in [-0.05, 0) is 31.2 Å². The van der Waals surface area contributed by atoms with Crippen LogP contribution in [0.3, 0.4) is 0 Å². The maximum absolute atomic E-state index is 12.0. The van der Waals surface area contributed by atoms with E-state index in [1.807, 2.05) is 0 Å². The van der Waals surface area contributed by atoms with Crippen LogP contribution in [0.25, 0.3) is 0 Å². The Labute approximate surface area is 144 Å². The van der Waals surface area contributed by atoms with E-state index in [9.17, 15) is 14.7 Å². The summed E-state index contributed by atoms with van der Waals surface area (Å²) >= 11 is 0. The molecule has 25 heavy (non-hydrogen) atoms. The second kappa shape index (κ2) is 9.07. The summed E-state index contributed by atoms with van der Waals surface area (Å²) in [5, 5.41) is 13.5. The first-order valence-corrected chi connectivity index (χ1v) is 7.60. The molecule has 0 fully saturated rings. The fourth-order valence-electron chi connectivity index (χ4n) is 1.94. The Morgan fingerprint density at radius 2 is 1.88 bits per heavy atom. The molecule has 0 heterocycles. The van der Waals surface area contributed by atoms with Crippen LogP contribution >= 0.6 is 0 Å². The van der Waals surface area contributed by atoms with Gasteiger partial charge in [0.05, 0.1) is 18.4 Å². The summed E-state index contributed by atoms with van der Waals surface area (Å²) in [7, 11) is 0. The molecular weight excluding hydrogens is 324 g/mol. The van der Waals surface area contributed by atoms with Gasteiger partial charge in [-0.1, -0.05) is 24.3 Å². The van der Waals surface area contributed by atoms with E-state index in [4.69, 9.17) is 9.47 Å². The number of phenols is 1. The largest absolute Gasteiger partial charge is 0.507 e. The molecule has 2 rings (SSSR count). The highest BCUT2D eigenvalue weighted by Crippen LogP contribution is 2.16. The molecule has 0 saturated heterocycles. The highest BCUT2D eigenvalue weighted by atomic mass is 16.6. The molecule has 0 unspecified atom stereocenters. The number of benzene rings is 2. The summed E-state index contributed by atoms with van der Waals surface area (Å²) in [6, 6.07) is 13.1. The van der Waals surface area contributed by atoms with Gasteiger partial charge < -0.3 is 14.6 Å². The van der Waals surface area contributed by atoms with Gasteiger partial charge in [-0.3, -0.25) is 4.79 Å². The number of nitrogens with zero attached hydrogens (tertiary/aromatic N) is 1. The predicted octanol–water partition coefficient (Wildman–Crippen LogP) is 2.10. The number of phenolic OH excluding ortho intramolecular Hbond substituents is 1. The number of ether oxygens (including phenoxy) is 2. The van der Waals surface area contributed by atoms with E-state index < -0.39 is 11.9 Å². The standard InChI is InChI=1S/C18H18N2O5/c1-2-24-17(22)12-25-16-10-6-3-7-13(16)11-19-20-18(23)14-8-4-5-9-15(14)21/h3-11,21H,2,12H2,1H3,(H,20,23). The predicted molar refractivity (Wildman–Crippen MR) is 91.7 cm³/mol. The van der Waals surface area contributed by atoms with Crippen molar-refractivity contribution in [1.82, 2.24) is 5.43 Å². The van der Waals surface area contributed by atoms with Gasteiger partial charge in [-0.25, -0.2) is 10.2 Å². The van der Waals surface area contributed by atoms with E-state index in [0.29, 0.717) is 11.3 Å². The number of esters is 1. The fourth-order valence-corrected chi connectivity index (χ4v) is 1.94. The Morgan fingerprint density at radius 1 is 1.16 bits per heavy atom. The third-order valence-corrected chi connectivity index (χ3v) is 3.09. The first-order valence-electron chi connectivity index (χ1n) is 7.60. The zero-order chi connectivity index (χ0) is 18.1. The molecule has 0 radical (unpaired) electrons. The molecule has 1 amide bonds. The van der Waals surface area contributed by atoms with Crippen molar-refractivity contribution in [2.75, 3.05) is 13.2 Å². The number of aromatic hydroxyl groups is 1. The van der Waals surface area contributed by atoms with Gasteiger partial charge in [0, 0.05) is 5.56 Å². The van der Waals surface area contributed by atoms with E-state index in [1.165, 1.54) is 18.3 Å². The molecule has 0 aliphatic carbocycles. The van der Waals surface area contributed by atoms with Crippen molar-refractivity contribution in [3.05, 3.63) is 59.7 Å². The van der Waals surface area contributed by atoms with Gasteiger partial charge in [0.15, 0.2) is 6.61 Å². The lowest BCUT2D eigenvalue weighted by Crippen LogP contribution is -2.18. The number of rotatable bonds is 7. The van der Waals surface area contributed by atoms with Crippen LogP contribution in [0.1, 0.15) is 22.8 Å². The lowest BCUT2D eigenvalue weighted by molar-refractivity contribution is -0.145. The molecule has 0 aliphatic rings. The Hall–Kier alpha value is -3.35. The molecule has 130 valence electrons. The lowest BCUT2D eigenvalue weighted by Gasteiger charge is -2.08. The summed E-state index contributed by atoms with van der Waals surface area (Å²) in [6.07, 6.45) is 1.39. The van der Waals surface area contributed by atoms with Crippen molar-refractivity contribution < 1.29 is 24.2 Å². The number of para-hydroxylation sites is 2. The number of hydrogen-bond donors (Lipinski definition) is 2. The Kier molecular flexibility index (Phi) is 6.53. The third-order valence-electron chi connectivity index (χ3n) is 3.09. The summed E-state index contributed by atoms with van der Waals surface area (Å²) < 4.78 is 10.2. The van der Waals surface area contributed by atoms with Crippen LogP contribution in [-0.4, -0.2) is 36.4 Å². The van der Waals surface area contributed by atoms with Gasteiger partial charge in [-0.15, -0.1) is 0 Å².